The van der Waals surface area contributed by atoms with Crippen LogP contribution in [0.2, 0.25) is 0 Å². The van der Waals surface area contributed by atoms with Gasteiger partial charge in [-0.1, -0.05) is 54.2 Å². The molecule has 0 saturated carbocycles. The topological polar surface area (TPSA) is 30.7 Å². The van der Waals surface area contributed by atoms with Crippen LogP contribution in [0.5, 0.6) is 0 Å². The summed E-state index contributed by atoms with van der Waals surface area (Å²) in [4.78, 5) is 9.21. The SMILES string of the molecule is Fc1cccc(CSc2nc3cccnc3n2Cc2ccccc2)c1. The molecule has 0 unspecified atom stereocenters. The minimum atomic E-state index is -0.211. The van der Waals surface area contributed by atoms with Crippen LogP contribution in [0.25, 0.3) is 11.2 Å². The van der Waals surface area contributed by atoms with E-state index >= 15 is 0 Å². The van der Waals surface area contributed by atoms with Gasteiger partial charge in [0.15, 0.2) is 10.8 Å². The molecule has 0 saturated heterocycles. The van der Waals surface area contributed by atoms with Gasteiger partial charge in [-0.15, -0.1) is 0 Å². The molecular weight excluding hydrogens is 333 g/mol. The first kappa shape index (κ1) is 15.8. The van der Waals surface area contributed by atoms with E-state index in [9.17, 15) is 4.39 Å². The van der Waals surface area contributed by atoms with Crippen molar-refractivity contribution in [3.8, 4) is 0 Å². The molecule has 4 aromatic rings. The quantitative estimate of drug-likeness (QED) is 0.480. The standard InChI is InChI=1S/C20H16FN3S/c21-17-9-4-8-16(12-17)14-25-20-23-18-10-5-11-22-19(18)24(20)13-15-6-2-1-3-7-15/h1-12H,13-14H2. The van der Waals surface area contributed by atoms with Crippen LogP contribution < -0.4 is 0 Å². The van der Waals surface area contributed by atoms with E-state index in [1.165, 1.54) is 11.6 Å². The minimum absolute atomic E-state index is 0.211. The number of benzene rings is 2. The molecule has 2 aromatic carbocycles. The van der Waals surface area contributed by atoms with E-state index in [2.05, 4.69) is 21.7 Å². The zero-order valence-corrected chi connectivity index (χ0v) is 14.3. The highest BCUT2D eigenvalue weighted by Gasteiger charge is 2.13. The van der Waals surface area contributed by atoms with Gasteiger partial charge in [-0.25, -0.2) is 14.4 Å². The molecule has 4 rings (SSSR count). The summed E-state index contributed by atoms with van der Waals surface area (Å²) in [7, 11) is 0. The molecule has 0 aliphatic rings. The van der Waals surface area contributed by atoms with Crippen LogP contribution in [0.15, 0.2) is 78.1 Å². The highest BCUT2D eigenvalue weighted by atomic mass is 32.2. The van der Waals surface area contributed by atoms with Crippen molar-refractivity contribution in [2.24, 2.45) is 0 Å². The zero-order chi connectivity index (χ0) is 17.1. The fraction of sp³-hybridized carbons (Fsp3) is 0.100. The minimum Gasteiger partial charge on any atom is -0.299 e. The van der Waals surface area contributed by atoms with Gasteiger partial charge in [0.2, 0.25) is 0 Å². The second-order valence-corrected chi connectivity index (χ2v) is 6.67. The van der Waals surface area contributed by atoms with E-state index in [4.69, 9.17) is 4.98 Å². The maximum atomic E-state index is 13.4. The van der Waals surface area contributed by atoms with Crippen molar-refractivity contribution < 1.29 is 4.39 Å². The monoisotopic (exact) mass is 349 g/mol. The highest BCUT2D eigenvalue weighted by molar-refractivity contribution is 7.98. The van der Waals surface area contributed by atoms with Crippen LogP contribution in [0.1, 0.15) is 11.1 Å². The van der Waals surface area contributed by atoms with Gasteiger partial charge in [0, 0.05) is 11.9 Å². The Balaban J connectivity index is 1.66. The molecule has 0 bridgehead atoms. The average Bonchev–Trinajstić information content (AvgIpc) is 2.99. The number of imidazole rings is 1. The zero-order valence-electron chi connectivity index (χ0n) is 13.5. The Morgan fingerprint density at radius 2 is 1.76 bits per heavy atom. The summed E-state index contributed by atoms with van der Waals surface area (Å²) in [5.41, 5.74) is 3.88. The van der Waals surface area contributed by atoms with Crippen LogP contribution in [0.4, 0.5) is 4.39 Å². The van der Waals surface area contributed by atoms with Crippen LogP contribution in [0, 0.1) is 5.82 Å². The molecule has 0 N–H and O–H groups in total. The normalized spacial score (nSPS) is 11.1. The lowest BCUT2D eigenvalue weighted by atomic mass is 10.2. The second-order valence-electron chi connectivity index (χ2n) is 5.73. The highest BCUT2D eigenvalue weighted by Crippen LogP contribution is 2.27. The predicted molar refractivity (Wildman–Crippen MR) is 99.0 cm³/mol. The first-order valence-corrected chi connectivity index (χ1v) is 9.00. The molecule has 25 heavy (non-hydrogen) atoms. The summed E-state index contributed by atoms with van der Waals surface area (Å²) < 4.78 is 15.5. The number of hydrogen-bond donors (Lipinski definition) is 0. The fourth-order valence-electron chi connectivity index (χ4n) is 2.73. The average molecular weight is 349 g/mol. The maximum Gasteiger partial charge on any atom is 0.170 e. The molecular formula is C20H16FN3S. The molecule has 0 atom stereocenters. The van der Waals surface area contributed by atoms with Crippen molar-refractivity contribution >= 4 is 22.9 Å². The number of rotatable bonds is 5. The number of nitrogens with zero attached hydrogens (tertiary/aromatic N) is 3. The molecule has 0 radical (unpaired) electrons. The molecule has 0 aliphatic carbocycles. The summed E-state index contributed by atoms with van der Waals surface area (Å²) in [5, 5.41) is 0.891. The van der Waals surface area contributed by atoms with Gasteiger partial charge in [0.1, 0.15) is 11.3 Å². The summed E-state index contributed by atoms with van der Waals surface area (Å²) in [6, 6.07) is 20.8. The van der Waals surface area contributed by atoms with E-state index in [0.29, 0.717) is 12.3 Å². The van der Waals surface area contributed by atoms with Crippen LogP contribution >= 0.6 is 11.8 Å². The smallest absolute Gasteiger partial charge is 0.170 e. The third-order valence-electron chi connectivity index (χ3n) is 3.91. The van der Waals surface area contributed by atoms with Gasteiger partial charge >= 0.3 is 0 Å². The lowest BCUT2D eigenvalue weighted by Crippen LogP contribution is -2.02. The number of halogens is 1. The van der Waals surface area contributed by atoms with Gasteiger partial charge in [0.25, 0.3) is 0 Å². The van der Waals surface area contributed by atoms with Crippen molar-refractivity contribution in [1.29, 1.82) is 0 Å². The third-order valence-corrected chi connectivity index (χ3v) is 4.96. The molecule has 3 nitrogen and oxygen atoms in total. The number of aromatic nitrogens is 3. The first-order valence-electron chi connectivity index (χ1n) is 8.02. The second kappa shape index (κ2) is 7.07. The van der Waals surface area contributed by atoms with Crippen LogP contribution in [-0.2, 0) is 12.3 Å². The van der Waals surface area contributed by atoms with Crippen LogP contribution in [0.3, 0.4) is 0 Å². The summed E-state index contributed by atoms with van der Waals surface area (Å²) in [6.07, 6.45) is 1.78. The number of thioether (sulfide) groups is 1. The van der Waals surface area contributed by atoms with Crippen molar-refractivity contribution in [3.63, 3.8) is 0 Å². The molecule has 124 valence electrons. The van der Waals surface area contributed by atoms with Gasteiger partial charge in [-0.05, 0) is 35.4 Å². The van der Waals surface area contributed by atoms with E-state index in [0.717, 1.165) is 21.9 Å². The van der Waals surface area contributed by atoms with Crippen molar-refractivity contribution in [3.05, 3.63) is 89.9 Å². The number of fused-ring (bicyclic) bond motifs is 1. The maximum absolute atomic E-state index is 13.4. The lowest BCUT2D eigenvalue weighted by Gasteiger charge is -2.08. The molecule has 2 heterocycles. The van der Waals surface area contributed by atoms with E-state index in [1.807, 2.05) is 36.4 Å². The molecule has 0 fully saturated rings. The Labute approximate surface area is 149 Å². The Hall–Kier alpha value is -2.66. The number of pyridine rings is 1. The summed E-state index contributed by atoms with van der Waals surface area (Å²) in [6.45, 7) is 0.708. The molecule has 0 aliphatic heterocycles. The molecule has 0 amide bonds. The van der Waals surface area contributed by atoms with Gasteiger partial charge in [0.05, 0.1) is 6.54 Å². The largest absolute Gasteiger partial charge is 0.299 e. The molecule has 5 heteroatoms. The van der Waals surface area contributed by atoms with Gasteiger partial charge < -0.3 is 0 Å². The van der Waals surface area contributed by atoms with E-state index in [-0.39, 0.29) is 5.82 Å². The first-order chi connectivity index (χ1) is 12.3. The Bertz CT molecular complexity index is 998. The van der Waals surface area contributed by atoms with Crippen molar-refractivity contribution in [2.45, 2.75) is 17.5 Å². The van der Waals surface area contributed by atoms with Gasteiger partial charge in [-0.3, -0.25) is 4.57 Å². The predicted octanol–water partition coefficient (Wildman–Crippen LogP) is 4.91. The summed E-state index contributed by atoms with van der Waals surface area (Å²) >= 11 is 1.60. The van der Waals surface area contributed by atoms with Crippen molar-refractivity contribution in [2.75, 3.05) is 0 Å². The molecule has 2 aromatic heterocycles. The fourth-order valence-corrected chi connectivity index (χ4v) is 3.68. The lowest BCUT2D eigenvalue weighted by molar-refractivity contribution is 0.626. The van der Waals surface area contributed by atoms with E-state index < -0.39 is 0 Å². The Kier molecular flexibility index (Phi) is 4.48. The van der Waals surface area contributed by atoms with E-state index in [1.54, 1.807) is 30.1 Å². The summed E-state index contributed by atoms with van der Waals surface area (Å²) in [5.74, 6) is 0.452. The Morgan fingerprint density at radius 3 is 2.60 bits per heavy atom. The van der Waals surface area contributed by atoms with Crippen LogP contribution in [-0.4, -0.2) is 14.5 Å². The Morgan fingerprint density at radius 1 is 0.920 bits per heavy atom. The third kappa shape index (κ3) is 3.56. The van der Waals surface area contributed by atoms with Gasteiger partial charge in [-0.2, -0.15) is 0 Å². The van der Waals surface area contributed by atoms with Crippen molar-refractivity contribution in [1.82, 2.24) is 14.5 Å². The number of hydrogen-bond acceptors (Lipinski definition) is 3. The molecule has 0 spiro atoms.